The fourth-order valence-electron chi connectivity index (χ4n) is 1.38. The van der Waals surface area contributed by atoms with Gasteiger partial charge in [0.1, 0.15) is 11.5 Å². The molecular weight excluding hydrogens is 243 g/mol. The molecule has 0 N–H and O–H groups in total. The Balaban J connectivity index is 2.34. The number of halogens is 2. The highest BCUT2D eigenvalue weighted by molar-refractivity contribution is 6.32. The first kappa shape index (κ1) is 11.3. The lowest BCUT2D eigenvalue weighted by atomic mass is 10.2. The van der Waals surface area contributed by atoms with E-state index in [0.29, 0.717) is 16.7 Å². The Hall–Kier alpha value is -1.18. The van der Waals surface area contributed by atoms with Gasteiger partial charge in [0.2, 0.25) is 0 Å². The van der Waals surface area contributed by atoms with Gasteiger partial charge in [0.15, 0.2) is 0 Å². The summed E-state index contributed by atoms with van der Waals surface area (Å²) in [5, 5.41) is 0.571. The second-order valence-corrected chi connectivity index (χ2v) is 3.95. The number of hydrogen-bond acceptors (Lipinski definition) is 1. The summed E-state index contributed by atoms with van der Waals surface area (Å²) in [5.41, 5.74) is 0.887. The summed E-state index contributed by atoms with van der Waals surface area (Å²) < 4.78 is 5.71. The normalized spacial score (nSPS) is 10.1. The molecule has 3 heteroatoms. The molecule has 0 bridgehead atoms. The summed E-state index contributed by atoms with van der Waals surface area (Å²) in [6.07, 6.45) is 0. The Labute approximate surface area is 105 Å². The van der Waals surface area contributed by atoms with Crippen LogP contribution in [0.25, 0.3) is 0 Å². The summed E-state index contributed by atoms with van der Waals surface area (Å²) in [7, 11) is 0. The lowest BCUT2D eigenvalue weighted by Gasteiger charge is -2.10. The van der Waals surface area contributed by atoms with Crippen LogP contribution >= 0.6 is 23.2 Å². The van der Waals surface area contributed by atoms with Crippen molar-refractivity contribution in [3.63, 3.8) is 0 Å². The van der Waals surface area contributed by atoms with E-state index in [1.165, 1.54) is 0 Å². The van der Waals surface area contributed by atoms with E-state index < -0.39 is 0 Å². The highest BCUT2D eigenvalue weighted by atomic mass is 35.5. The van der Waals surface area contributed by atoms with Gasteiger partial charge in [0.05, 0.1) is 10.9 Å². The summed E-state index contributed by atoms with van der Waals surface area (Å²) in [6, 6.07) is 15.1. The quantitative estimate of drug-likeness (QED) is 0.709. The number of hydrogen-bond donors (Lipinski definition) is 0. The van der Waals surface area contributed by atoms with E-state index in [4.69, 9.17) is 27.9 Å². The maximum absolute atomic E-state index is 6.07. The van der Waals surface area contributed by atoms with E-state index in [2.05, 4.69) is 0 Å². The summed E-state index contributed by atoms with van der Waals surface area (Å²) in [6.45, 7) is 0. The first-order valence-corrected chi connectivity index (χ1v) is 5.79. The molecule has 0 saturated carbocycles. The topological polar surface area (TPSA) is 9.23 Å². The third-order valence-electron chi connectivity index (χ3n) is 2.16. The number of ether oxygens (including phenoxy) is 1. The monoisotopic (exact) mass is 252 g/mol. The fourth-order valence-corrected chi connectivity index (χ4v) is 1.82. The van der Waals surface area contributed by atoms with Gasteiger partial charge in [0, 0.05) is 5.56 Å². The molecule has 0 amide bonds. The molecule has 0 atom stereocenters. The molecule has 0 aliphatic carbocycles. The zero-order valence-corrected chi connectivity index (χ0v) is 10.0. The smallest absolute Gasteiger partial charge is 0.150 e. The van der Waals surface area contributed by atoms with Crippen molar-refractivity contribution in [2.45, 2.75) is 5.88 Å². The Morgan fingerprint density at radius 3 is 2.38 bits per heavy atom. The number of benzene rings is 2. The van der Waals surface area contributed by atoms with Crippen molar-refractivity contribution in [2.24, 2.45) is 0 Å². The lowest BCUT2D eigenvalue weighted by Crippen LogP contribution is -1.90. The number of para-hydroxylation sites is 2. The van der Waals surface area contributed by atoms with E-state index >= 15 is 0 Å². The molecular formula is C13H10Cl2O. The minimum atomic E-state index is 0.378. The van der Waals surface area contributed by atoms with Crippen LogP contribution in [0.5, 0.6) is 11.5 Å². The average Bonchev–Trinajstić information content (AvgIpc) is 2.33. The van der Waals surface area contributed by atoms with Gasteiger partial charge < -0.3 is 4.74 Å². The van der Waals surface area contributed by atoms with E-state index in [1.54, 1.807) is 6.07 Å². The van der Waals surface area contributed by atoms with Gasteiger partial charge in [-0.3, -0.25) is 0 Å². The summed E-state index contributed by atoms with van der Waals surface area (Å²) in [5.74, 6) is 1.76. The summed E-state index contributed by atoms with van der Waals surface area (Å²) >= 11 is 11.9. The van der Waals surface area contributed by atoms with Gasteiger partial charge in [-0.1, -0.05) is 41.9 Å². The third-order valence-corrected chi connectivity index (χ3v) is 2.74. The Morgan fingerprint density at radius 1 is 0.938 bits per heavy atom. The molecule has 0 aromatic heterocycles. The largest absolute Gasteiger partial charge is 0.455 e. The van der Waals surface area contributed by atoms with Crippen molar-refractivity contribution in [2.75, 3.05) is 0 Å². The molecule has 0 fully saturated rings. The molecule has 2 rings (SSSR count). The number of rotatable bonds is 3. The highest BCUT2D eigenvalue weighted by Crippen LogP contribution is 2.33. The van der Waals surface area contributed by atoms with E-state index in [-0.39, 0.29) is 0 Å². The van der Waals surface area contributed by atoms with E-state index in [9.17, 15) is 0 Å². The van der Waals surface area contributed by atoms with Gasteiger partial charge in [-0.05, 0) is 18.2 Å². The van der Waals surface area contributed by atoms with Crippen LogP contribution in [0.2, 0.25) is 5.02 Å². The van der Waals surface area contributed by atoms with Gasteiger partial charge in [0.25, 0.3) is 0 Å². The maximum Gasteiger partial charge on any atom is 0.150 e. The molecule has 0 spiro atoms. The predicted molar refractivity (Wildman–Crippen MR) is 67.5 cm³/mol. The summed E-state index contributed by atoms with van der Waals surface area (Å²) in [4.78, 5) is 0. The minimum Gasteiger partial charge on any atom is -0.455 e. The zero-order chi connectivity index (χ0) is 11.4. The Bertz CT molecular complexity index is 469. The van der Waals surface area contributed by atoms with Crippen molar-refractivity contribution in [1.82, 2.24) is 0 Å². The van der Waals surface area contributed by atoms with Gasteiger partial charge in [-0.2, -0.15) is 0 Å². The third kappa shape index (κ3) is 2.49. The van der Waals surface area contributed by atoms with Crippen LogP contribution in [0.1, 0.15) is 5.56 Å². The molecule has 0 heterocycles. The van der Waals surface area contributed by atoms with Crippen LogP contribution in [-0.2, 0) is 5.88 Å². The van der Waals surface area contributed by atoms with Gasteiger partial charge >= 0.3 is 0 Å². The molecule has 0 aliphatic rings. The molecule has 16 heavy (non-hydrogen) atoms. The molecule has 0 aliphatic heterocycles. The molecule has 1 nitrogen and oxygen atoms in total. The van der Waals surface area contributed by atoms with Crippen LogP contribution in [-0.4, -0.2) is 0 Å². The van der Waals surface area contributed by atoms with Crippen molar-refractivity contribution in [3.8, 4) is 11.5 Å². The van der Waals surface area contributed by atoms with Gasteiger partial charge in [-0.15, -0.1) is 11.6 Å². The first-order chi connectivity index (χ1) is 7.81. The first-order valence-electron chi connectivity index (χ1n) is 4.87. The van der Waals surface area contributed by atoms with Crippen molar-refractivity contribution in [1.29, 1.82) is 0 Å². The second kappa shape index (κ2) is 5.24. The van der Waals surface area contributed by atoms with Crippen molar-refractivity contribution >= 4 is 23.2 Å². The molecule has 0 unspecified atom stereocenters. The van der Waals surface area contributed by atoms with Gasteiger partial charge in [-0.25, -0.2) is 0 Å². The standard InChI is InChI=1S/C13H10Cl2O/c14-9-10-5-4-8-12(15)13(10)16-11-6-2-1-3-7-11/h1-8H,9H2. The Kier molecular flexibility index (Phi) is 3.70. The van der Waals surface area contributed by atoms with Crippen molar-refractivity contribution < 1.29 is 4.74 Å². The van der Waals surface area contributed by atoms with Crippen LogP contribution in [0.15, 0.2) is 48.5 Å². The zero-order valence-electron chi connectivity index (χ0n) is 8.49. The predicted octanol–water partition coefficient (Wildman–Crippen LogP) is 4.87. The average molecular weight is 253 g/mol. The fraction of sp³-hybridized carbons (Fsp3) is 0.0769. The number of alkyl halides is 1. The van der Waals surface area contributed by atoms with E-state index in [0.717, 1.165) is 11.3 Å². The van der Waals surface area contributed by atoms with Crippen LogP contribution in [0, 0.1) is 0 Å². The Morgan fingerprint density at radius 2 is 1.69 bits per heavy atom. The lowest BCUT2D eigenvalue weighted by molar-refractivity contribution is 0.478. The second-order valence-electron chi connectivity index (χ2n) is 3.28. The van der Waals surface area contributed by atoms with E-state index in [1.807, 2.05) is 42.5 Å². The van der Waals surface area contributed by atoms with Crippen LogP contribution in [0.4, 0.5) is 0 Å². The van der Waals surface area contributed by atoms with Crippen LogP contribution < -0.4 is 4.74 Å². The SMILES string of the molecule is ClCc1cccc(Cl)c1Oc1ccccc1. The minimum absolute atomic E-state index is 0.378. The molecule has 82 valence electrons. The van der Waals surface area contributed by atoms with Crippen molar-refractivity contribution in [3.05, 3.63) is 59.1 Å². The van der Waals surface area contributed by atoms with Crippen LogP contribution in [0.3, 0.4) is 0 Å². The molecule has 0 radical (unpaired) electrons. The highest BCUT2D eigenvalue weighted by Gasteiger charge is 2.08. The maximum atomic E-state index is 6.07. The molecule has 0 saturated heterocycles. The molecule has 2 aromatic rings. The molecule has 2 aromatic carbocycles.